The van der Waals surface area contributed by atoms with E-state index in [0.29, 0.717) is 19.5 Å². The monoisotopic (exact) mass is 530 g/mol. The molecule has 0 aliphatic carbocycles. The maximum absolute atomic E-state index is 12.2. The first-order valence-corrected chi connectivity index (χ1v) is 11.2. The van der Waals surface area contributed by atoms with Crippen molar-refractivity contribution < 1.29 is 4.79 Å². The quantitative estimate of drug-likeness (QED) is 0.291. The Morgan fingerprint density at radius 3 is 2.47 bits per heavy atom. The number of carbonyl (C=O) groups excluding carboxylic acids is 1. The minimum absolute atomic E-state index is 0. The molecule has 0 spiro atoms. The summed E-state index contributed by atoms with van der Waals surface area (Å²) in [6.07, 6.45) is 7.47. The van der Waals surface area contributed by atoms with E-state index in [9.17, 15) is 4.79 Å². The van der Waals surface area contributed by atoms with Gasteiger partial charge in [-0.3, -0.25) is 4.79 Å². The fourth-order valence-corrected chi connectivity index (χ4v) is 3.57. The van der Waals surface area contributed by atoms with Crippen molar-refractivity contribution >= 4 is 41.7 Å². The van der Waals surface area contributed by atoms with Crippen molar-refractivity contribution in [2.75, 3.05) is 44.2 Å². The van der Waals surface area contributed by atoms with E-state index in [1.807, 2.05) is 37.9 Å². The number of amides is 1. The van der Waals surface area contributed by atoms with Crippen LogP contribution in [0.2, 0.25) is 0 Å². The van der Waals surface area contributed by atoms with E-state index in [-0.39, 0.29) is 29.9 Å². The van der Waals surface area contributed by atoms with Crippen LogP contribution in [0.1, 0.15) is 58.4 Å². The van der Waals surface area contributed by atoms with E-state index in [1.54, 1.807) is 0 Å². The van der Waals surface area contributed by atoms with E-state index in [4.69, 9.17) is 4.99 Å². The van der Waals surface area contributed by atoms with Crippen LogP contribution in [0, 0.1) is 0 Å². The Labute approximate surface area is 199 Å². The number of rotatable bonds is 9. The van der Waals surface area contributed by atoms with Crippen LogP contribution >= 0.6 is 24.0 Å². The van der Waals surface area contributed by atoms with Gasteiger partial charge in [0, 0.05) is 51.9 Å². The Morgan fingerprint density at radius 2 is 1.83 bits per heavy atom. The first kappa shape index (κ1) is 26.5. The van der Waals surface area contributed by atoms with Crippen LogP contribution in [0.15, 0.2) is 23.3 Å². The number of carbonyl (C=O) groups is 1. The Kier molecular flexibility index (Phi) is 13.5. The highest BCUT2D eigenvalue weighted by molar-refractivity contribution is 14.0. The average molecular weight is 530 g/mol. The van der Waals surface area contributed by atoms with Crippen LogP contribution in [0.4, 0.5) is 5.82 Å². The Bertz CT molecular complexity index is 642. The number of hydrogen-bond donors (Lipinski definition) is 2. The zero-order valence-electron chi connectivity index (χ0n) is 18.8. The average Bonchev–Trinajstić information content (AvgIpc) is 3.03. The summed E-state index contributed by atoms with van der Waals surface area (Å²) in [5, 5.41) is 6.53. The summed E-state index contributed by atoms with van der Waals surface area (Å²) in [4.78, 5) is 25.7. The van der Waals surface area contributed by atoms with Crippen molar-refractivity contribution in [1.29, 1.82) is 0 Å². The summed E-state index contributed by atoms with van der Waals surface area (Å²) in [7, 11) is 0. The van der Waals surface area contributed by atoms with E-state index < -0.39 is 0 Å². The number of aliphatic imine (C=N–C) groups is 1. The molecule has 1 fully saturated rings. The summed E-state index contributed by atoms with van der Waals surface area (Å²) < 4.78 is 0. The summed E-state index contributed by atoms with van der Waals surface area (Å²) in [5.41, 5.74) is 1.15. The van der Waals surface area contributed by atoms with Crippen molar-refractivity contribution in [2.24, 2.45) is 4.99 Å². The van der Waals surface area contributed by atoms with Gasteiger partial charge in [0.25, 0.3) is 0 Å². The number of nitrogens with zero attached hydrogens (tertiary/aromatic N) is 4. The van der Waals surface area contributed by atoms with Gasteiger partial charge in [-0.1, -0.05) is 12.8 Å². The molecule has 0 radical (unpaired) electrons. The van der Waals surface area contributed by atoms with Crippen molar-refractivity contribution in [1.82, 2.24) is 20.5 Å². The van der Waals surface area contributed by atoms with Gasteiger partial charge in [-0.15, -0.1) is 24.0 Å². The Morgan fingerprint density at radius 1 is 1.13 bits per heavy atom. The first-order chi connectivity index (χ1) is 14.2. The number of anilines is 1. The Hall–Kier alpha value is -1.58. The molecule has 1 aliphatic rings. The van der Waals surface area contributed by atoms with Crippen LogP contribution in [0.5, 0.6) is 0 Å². The molecule has 2 heterocycles. The second-order valence-corrected chi connectivity index (χ2v) is 7.36. The fraction of sp³-hybridized carbons (Fsp3) is 0.682. The van der Waals surface area contributed by atoms with Crippen molar-refractivity contribution in [3.05, 3.63) is 23.9 Å². The molecule has 30 heavy (non-hydrogen) atoms. The summed E-state index contributed by atoms with van der Waals surface area (Å²) >= 11 is 0. The SMILES string of the molecule is CCNC(=NCc1ccnc(N2CCCCCC2)c1)NCCC(=O)N(CC)CC.I. The molecule has 7 nitrogen and oxygen atoms in total. The molecule has 0 unspecified atom stereocenters. The van der Waals surface area contributed by atoms with Gasteiger partial charge in [-0.05, 0) is 51.3 Å². The highest BCUT2D eigenvalue weighted by Gasteiger charge is 2.12. The highest BCUT2D eigenvalue weighted by atomic mass is 127. The Balaban J connectivity index is 0.00000450. The van der Waals surface area contributed by atoms with Gasteiger partial charge in [0.15, 0.2) is 5.96 Å². The zero-order valence-corrected chi connectivity index (χ0v) is 21.2. The molecule has 0 saturated carbocycles. The van der Waals surface area contributed by atoms with Gasteiger partial charge in [0.05, 0.1) is 6.54 Å². The molecule has 2 N–H and O–H groups in total. The van der Waals surface area contributed by atoms with Crippen LogP contribution in [-0.2, 0) is 11.3 Å². The molecule has 1 aromatic heterocycles. The molecule has 170 valence electrons. The number of aromatic nitrogens is 1. The molecule has 1 aromatic rings. The predicted octanol–water partition coefficient (Wildman–Crippen LogP) is 3.39. The van der Waals surface area contributed by atoms with Crippen molar-refractivity contribution in [3.63, 3.8) is 0 Å². The van der Waals surface area contributed by atoms with Crippen LogP contribution < -0.4 is 15.5 Å². The highest BCUT2D eigenvalue weighted by Crippen LogP contribution is 2.18. The van der Waals surface area contributed by atoms with Gasteiger partial charge in [0.1, 0.15) is 5.82 Å². The number of halogens is 1. The van der Waals surface area contributed by atoms with E-state index in [0.717, 1.165) is 50.1 Å². The van der Waals surface area contributed by atoms with Crippen LogP contribution in [-0.4, -0.2) is 61.0 Å². The molecule has 2 rings (SSSR count). The maximum Gasteiger partial charge on any atom is 0.224 e. The molecule has 1 saturated heterocycles. The van der Waals surface area contributed by atoms with E-state index in [2.05, 4.69) is 26.6 Å². The summed E-state index contributed by atoms with van der Waals surface area (Å²) in [6, 6.07) is 4.18. The van der Waals surface area contributed by atoms with Gasteiger partial charge < -0.3 is 20.4 Å². The number of guanidine groups is 1. The van der Waals surface area contributed by atoms with Crippen LogP contribution in [0.3, 0.4) is 0 Å². The third kappa shape index (κ3) is 9.06. The second-order valence-electron chi connectivity index (χ2n) is 7.36. The van der Waals surface area contributed by atoms with Gasteiger partial charge in [0.2, 0.25) is 5.91 Å². The van der Waals surface area contributed by atoms with Gasteiger partial charge in [-0.2, -0.15) is 0 Å². The van der Waals surface area contributed by atoms with E-state index in [1.165, 1.54) is 25.7 Å². The number of pyridine rings is 1. The largest absolute Gasteiger partial charge is 0.357 e. The predicted molar refractivity (Wildman–Crippen MR) is 136 cm³/mol. The minimum atomic E-state index is 0. The second kappa shape index (κ2) is 15.3. The van der Waals surface area contributed by atoms with E-state index >= 15 is 0 Å². The molecule has 0 atom stereocenters. The topological polar surface area (TPSA) is 72.9 Å². The molecule has 0 bridgehead atoms. The minimum Gasteiger partial charge on any atom is -0.357 e. The first-order valence-electron chi connectivity index (χ1n) is 11.2. The molecular weight excluding hydrogens is 491 g/mol. The summed E-state index contributed by atoms with van der Waals surface area (Å²) in [5.74, 6) is 1.98. The third-order valence-corrected chi connectivity index (χ3v) is 5.25. The van der Waals surface area contributed by atoms with Gasteiger partial charge in [-0.25, -0.2) is 9.98 Å². The lowest BCUT2D eigenvalue weighted by Crippen LogP contribution is -2.40. The lowest BCUT2D eigenvalue weighted by molar-refractivity contribution is -0.130. The molecule has 1 amide bonds. The van der Waals surface area contributed by atoms with Crippen LogP contribution in [0.25, 0.3) is 0 Å². The van der Waals surface area contributed by atoms with Crippen molar-refractivity contribution in [2.45, 2.75) is 59.4 Å². The molecular formula is C22H39IN6O. The fourth-order valence-electron chi connectivity index (χ4n) is 3.57. The normalized spacial score (nSPS) is 14.5. The lowest BCUT2D eigenvalue weighted by Gasteiger charge is -2.21. The third-order valence-electron chi connectivity index (χ3n) is 5.25. The zero-order chi connectivity index (χ0) is 20.9. The molecule has 1 aliphatic heterocycles. The van der Waals surface area contributed by atoms with Gasteiger partial charge >= 0.3 is 0 Å². The lowest BCUT2D eigenvalue weighted by atomic mass is 10.2. The number of hydrogen-bond acceptors (Lipinski definition) is 4. The number of nitrogens with one attached hydrogen (secondary N) is 2. The van der Waals surface area contributed by atoms with Crippen molar-refractivity contribution in [3.8, 4) is 0 Å². The summed E-state index contributed by atoms with van der Waals surface area (Å²) in [6.45, 7) is 11.7. The smallest absolute Gasteiger partial charge is 0.224 e. The molecule has 0 aromatic carbocycles. The maximum atomic E-state index is 12.2. The molecule has 8 heteroatoms. The standard InChI is InChI=1S/C22H38N6O.HI/c1-4-23-22(25-14-12-21(29)27(5-2)6-3)26-18-19-11-13-24-20(17-19)28-15-9-7-8-10-16-28;/h11,13,17H,4-10,12,14-16,18H2,1-3H3,(H2,23,25,26);1H.